The first-order chi connectivity index (χ1) is 10.3. The lowest BCUT2D eigenvalue weighted by atomic mass is 9.99. The third kappa shape index (κ3) is 3.41. The van der Waals surface area contributed by atoms with Crippen molar-refractivity contribution in [3.63, 3.8) is 0 Å². The van der Waals surface area contributed by atoms with Crippen molar-refractivity contribution in [2.75, 3.05) is 24.5 Å². The van der Waals surface area contributed by atoms with Crippen LogP contribution in [0.5, 0.6) is 0 Å². The normalized spacial score (nSPS) is 18.8. The van der Waals surface area contributed by atoms with Gasteiger partial charge in [0.2, 0.25) is 5.95 Å². The van der Waals surface area contributed by atoms with Gasteiger partial charge in [-0.25, -0.2) is 9.97 Å². The van der Waals surface area contributed by atoms with Crippen LogP contribution in [0, 0.1) is 5.92 Å². The molecule has 0 bridgehead atoms. The summed E-state index contributed by atoms with van der Waals surface area (Å²) in [6.07, 6.45) is 4.20. The Balaban J connectivity index is 1.86. The lowest BCUT2D eigenvalue weighted by Gasteiger charge is -2.32. The van der Waals surface area contributed by atoms with Crippen LogP contribution in [0.1, 0.15) is 12.8 Å². The van der Waals surface area contributed by atoms with Gasteiger partial charge in [-0.05, 0) is 43.5 Å². The van der Waals surface area contributed by atoms with Gasteiger partial charge in [-0.3, -0.25) is 0 Å². The zero-order valence-corrected chi connectivity index (χ0v) is 13.5. The van der Waals surface area contributed by atoms with E-state index in [1.807, 2.05) is 24.4 Å². The molecular formula is C16H19BrN4. The number of hydrogen-bond acceptors (Lipinski definition) is 4. The molecule has 0 radical (unpaired) electrons. The molecule has 2 N–H and O–H groups in total. The van der Waals surface area contributed by atoms with E-state index in [0.29, 0.717) is 5.92 Å². The zero-order valence-electron chi connectivity index (χ0n) is 11.9. The van der Waals surface area contributed by atoms with Crippen molar-refractivity contribution >= 4 is 21.9 Å². The third-order valence-electron chi connectivity index (χ3n) is 3.90. The highest BCUT2D eigenvalue weighted by Crippen LogP contribution is 2.24. The SMILES string of the molecule is NCC1CCCN(c2nccc(-c3cccc(Br)c3)n2)C1. The summed E-state index contributed by atoms with van der Waals surface area (Å²) in [7, 11) is 0. The van der Waals surface area contributed by atoms with Gasteiger partial charge in [0.1, 0.15) is 0 Å². The van der Waals surface area contributed by atoms with E-state index in [1.54, 1.807) is 0 Å². The lowest BCUT2D eigenvalue weighted by Crippen LogP contribution is -2.39. The maximum atomic E-state index is 5.81. The molecule has 2 heterocycles. The molecular weight excluding hydrogens is 328 g/mol. The number of nitrogens with two attached hydrogens (primary N) is 1. The molecule has 0 spiro atoms. The fourth-order valence-corrected chi connectivity index (χ4v) is 3.15. The Labute approximate surface area is 133 Å². The van der Waals surface area contributed by atoms with Gasteiger partial charge in [-0.15, -0.1) is 0 Å². The smallest absolute Gasteiger partial charge is 0.225 e. The Kier molecular flexibility index (Phi) is 4.51. The minimum atomic E-state index is 0.553. The van der Waals surface area contributed by atoms with Crippen LogP contribution < -0.4 is 10.6 Å². The molecule has 110 valence electrons. The molecule has 0 aliphatic carbocycles. The van der Waals surface area contributed by atoms with Crippen LogP contribution in [0.3, 0.4) is 0 Å². The first-order valence-corrected chi connectivity index (χ1v) is 8.09. The summed E-state index contributed by atoms with van der Waals surface area (Å²) in [5.74, 6) is 1.36. The van der Waals surface area contributed by atoms with E-state index in [9.17, 15) is 0 Å². The molecule has 2 aromatic rings. The summed E-state index contributed by atoms with van der Waals surface area (Å²) >= 11 is 3.50. The van der Waals surface area contributed by atoms with Gasteiger partial charge in [0.25, 0.3) is 0 Å². The van der Waals surface area contributed by atoms with E-state index in [0.717, 1.165) is 47.7 Å². The van der Waals surface area contributed by atoms with Gasteiger partial charge in [-0.2, -0.15) is 0 Å². The van der Waals surface area contributed by atoms with Gasteiger partial charge in [-0.1, -0.05) is 28.1 Å². The summed E-state index contributed by atoms with van der Waals surface area (Å²) in [4.78, 5) is 11.4. The second-order valence-corrected chi connectivity index (χ2v) is 6.36. The molecule has 0 saturated carbocycles. The van der Waals surface area contributed by atoms with Crippen LogP contribution in [-0.2, 0) is 0 Å². The van der Waals surface area contributed by atoms with Crippen LogP contribution in [-0.4, -0.2) is 29.6 Å². The average molecular weight is 347 g/mol. The number of piperidine rings is 1. The summed E-state index contributed by atoms with van der Waals surface area (Å²) in [6, 6.07) is 10.1. The van der Waals surface area contributed by atoms with E-state index in [1.165, 1.54) is 6.42 Å². The van der Waals surface area contributed by atoms with Crippen LogP contribution >= 0.6 is 15.9 Å². The first kappa shape index (κ1) is 14.5. The molecule has 1 aromatic carbocycles. The topological polar surface area (TPSA) is 55.0 Å². The molecule has 3 rings (SSSR count). The number of benzene rings is 1. The van der Waals surface area contributed by atoms with Crippen LogP contribution in [0.25, 0.3) is 11.3 Å². The molecule has 0 amide bonds. The zero-order chi connectivity index (χ0) is 14.7. The van der Waals surface area contributed by atoms with E-state index < -0.39 is 0 Å². The Hall–Kier alpha value is -1.46. The van der Waals surface area contributed by atoms with Crippen molar-refractivity contribution in [3.05, 3.63) is 41.0 Å². The molecule has 4 nitrogen and oxygen atoms in total. The summed E-state index contributed by atoms with van der Waals surface area (Å²) < 4.78 is 1.06. The van der Waals surface area contributed by atoms with Crippen molar-refractivity contribution in [2.24, 2.45) is 11.7 Å². The highest BCUT2D eigenvalue weighted by Gasteiger charge is 2.20. The molecule has 1 unspecified atom stereocenters. The van der Waals surface area contributed by atoms with Gasteiger partial charge in [0, 0.05) is 29.3 Å². The maximum absolute atomic E-state index is 5.81. The minimum Gasteiger partial charge on any atom is -0.340 e. The maximum Gasteiger partial charge on any atom is 0.225 e. The highest BCUT2D eigenvalue weighted by atomic mass is 79.9. The number of anilines is 1. The quantitative estimate of drug-likeness (QED) is 0.927. The highest BCUT2D eigenvalue weighted by molar-refractivity contribution is 9.10. The number of aromatic nitrogens is 2. The molecule has 1 aromatic heterocycles. The summed E-state index contributed by atoms with van der Waals surface area (Å²) in [5, 5.41) is 0. The van der Waals surface area contributed by atoms with Crippen LogP contribution in [0.15, 0.2) is 41.0 Å². The Bertz CT molecular complexity index is 617. The number of rotatable bonds is 3. The predicted molar refractivity (Wildman–Crippen MR) is 89.2 cm³/mol. The molecule has 1 saturated heterocycles. The van der Waals surface area contributed by atoms with Gasteiger partial charge < -0.3 is 10.6 Å². The van der Waals surface area contributed by atoms with Crippen molar-refractivity contribution in [3.8, 4) is 11.3 Å². The van der Waals surface area contributed by atoms with Gasteiger partial charge in [0.15, 0.2) is 0 Å². The van der Waals surface area contributed by atoms with E-state index in [4.69, 9.17) is 10.7 Å². The molecule has 5 heteroatoms. The lowest BCUT2D eigenvalue weighted by molar-refractivity contribution is 0.419. The fraction of sp³-hybridized carbons (Fsp3) is 0.375. The molecule has 1 fully saturated rings. The molecule has 1 aliphatic heterocycles. The molecule has 1 atom stereocenters. The Morgan fingerprint density at radius 3 is 3.05 bits per heavy atom. The summed E-state index contributed by atoms with van der Waals surface area (Å²) in [6.45, 7) is 2.71. The van der Waals surface area contributed by atoms with Crippen molar-refractivity contribution in [1.82, 2.24) is 9.97 Å². The third-order valence-corrected chi connectivity index (χ3v) is 4.39. The van der Waals surface area contributed by atoms with Gasteiger partial charge >= 0.3 is 0 Å². The second kappa shape index (κ2) is 6.54. The standard InChI is InChI=1S/C16H19BrN4/c17-14-5-1-4-13(9-14)15-6-7-19-16(20-15)21-8-2-3-12(10-18)11-21/h1,4-7,9,12H,2-3,8,10-11,18H2. The predicted octanol–water partition coefficient (Wildman–Crippen LogP) is 3.08. The minimum absolute atomic E-state index is 0.553. The van der Waals surface area contributed by atoms with Crippen LogP contribution in [0.4, 0.5) is 5.95 Å². The number of nitrogens with zero attached hydrogens (tertiary/aromatic N) is 3. The first-order valence-electron chi connectivity index (χ1n) is 7.30. The number of hydrogen-bond donors (Lipinski definition) is 1. The van der Waals surface area contributed by atoms with Crippen molar-refractivity contribution < 1.29 is 0 Å². The van der Waals surface area contributed by atoms with Crippen molar-refractivity contribution in [2.45, 2.75) is 12.8 Å². The molecule has 21 heavy (non-hydrogen) atoms. The van der Waals surface area contributed by atoms with E-state index in [2.05, 4.69) is 37.9 Å². The molecule has 1 aliphatic rings. The van der Waals surface area contributed by atoms with Gasteiger partial charge in [0.05, 0.1) is 5.69 Å². The number of halogens is 1. The summed E-state index contributed by atoms with van der Waals surface area (Å²) in [5.41, 5.74) is 7.86. The van der Waals surface area contributed by atoms with E-state index in [-0.39, 0.29) is 0 Å². The van der Waals surface area contributed by atoms with Crippen LogP contribution in [0.2, 0.25) is 0 Å². The monoisotopic (exact) mass is 346 g/mol. The van der Waals surface area contributed by atoms with E-state index >= 15 is 0 Å². The Morgan fingerprint density at radius 1 is 1.33 bits per heavy atom. The Morgan fingerprint density at radius 2 is 2.24 bits per heavy atom. The second-order valence-electron chi connectivity index (χ2n) is 5.44. The average Bonchev–Trinajstić information content (AvgIpc) is 2.55. The largest absolute Gasteiger partial charge is 0.340 e. The fourth-order valence-electron chi connectivity index (χ4n) is 2.75. The van der Waals surface area contributed by atoms with Crippen molar-refractivity contribution in [1.29, 1.82) is 0 Å².